The lowest BCUT2D eigenvalue weighted by molar-refractivity contribution is -0.184. The van der Waals surface area contributed by atoms with E-state index in [1.54, 1.807) is 28.8 Å². The van der Waals surface area contributed by atoms with Crippen LogP contribution in [0.4, 0.5) is 13.2 Å². The Morgan fingerprint density at radius 3 is 2.59 bits per heavy atom. The minimum Gasteiger partial charge on any atom is -0.353 e. The molecule has 1 atom stereocenters. The number of carbonyl (C=O) groups is 1. The summed E-state index contributed by atoms with van der Waals surface area (Å²) in [5, 5.41) is 5.87. The van der Waals surface area contributed by atoms with E-state index in [0.29, 0.717) is 24.0 Å². The molecule has 0 spiro atoms. The number of halogens is 3. The fraction of sp³-hybridized carbons (Fsp3) is 0.444. The van der Waals surface area contributed by atoms with Crippen molar-refractivity contribution in [2.45, 2.75) is 18.8 Å². The van der Waals surface area contributed by atoms with Crippen molar-refractivity contribution >= 4 is 16.8 Å². The largest absolute Gasteiger partial charge is 0.405 e. The molecular weight excluding hydrogens is 361 g/mol. The van der Waals surface area contributed by atoms with E-state index in [2.05, 4.69) is 10.6 Å². The first kappa shape index (κ1) is 19.4. The van der Waals surface area contributed by atoms with Crippen molar-refractivity contribution in [2.24, 2.45) is 0 Å². The molecule has 1 amide bonds. The van der Waals surface area contributed by atoms with Crippen LogP contribution in [0, 0.1) is 0 Å². The van der Waals surface area contributed by atoms with Gasteiger partial charge >= 0.3 is 6.18 Å². The Morgan fingerprint density at radius 2 is 1.89 bits per heavy atom. The van der Waals surface area contributed by atoms with E-state index in [1.807, 2.05) is 0 Å². The average Bonchev–Trinajstić information content (AvgIpc) is 2.64. The Morgan fingerprint density at radius 1 is 1.19 bits per heavy atom. The average molecular weight is 382 g/mol. The maximum Gasteiger partial charge on any atom is 0.405 e. The van der Waals surface area contributed by atoms with Crippen LogP contribution in [-0.4, -0.2) is 60.3 Å². The number of benzene rings is 1. The van der Waals surface area contributed by atoms with Gasteiger partial charge in [0, 0.05) is 50.4 Å². The normalized spacial score (nSPS) is 17.0. The fourth-order valence-corrected chi connectivity index (χ4v) is 3.26. The SMILES string of the molecule is O=C(Cn1ccc(=O)c2ccccc21)NCC(N1CCNCC1)C(F)(F)F. The summed E-state index contributed by atoms with van der Waals surface area (Å²) < 4.78 is 41.7. The Labute approximate surface area is 154 Å². The van der Waals surface area contributed by atoms with E-state index in [4.69, 9.17) is 0 Å². The number of pyridine rings is 1. The second kappa shape index (κ2) is 8.10. The molecule has 1 fully saturated rings. The van der Waals surface area contributed by atoms with Gasteiger partial charge in [0.05, 0.1) is 5.52 Å². The lowest BCUT2D eigenvalue weighted by atomic mass is 10.2. The van der Waals surface area contributed by atoms with Crippen LogP contribution in [0.2, 0.25) is 0 Å². The van der Waals surface area contributed by atoms with Gasteiger partial charge in [-0.25, -0.2) is 0 Å². The van der Waals surface area contributed by atoms with Gasteiger partial charge in [-0.3, -0.25) is 14.5 Å². The Balaban J connectivity index is 1.68. The molecule has 1 aliphatic rings. The van der Waals surface area contributed by atoms with Crippen LogP contribution in [0.15, 0.2) is 41.3 Å². The standard InChI is InChI=1S/C18H21F3N4O2/c19-18(20,21)16(24-9-6-22-7-10-24)11-23-17(27)12-25-8-5-15(26)13-3-1-2-4-14(13)25/h1-5,8,16,22H,6-7,9-12H2,(H,23,27). The van der Waals surface area contributed by atoms with Crippen molar-refractivity contribution in [1.29, 1.82) is 0 Å². The lowest BCUT2D eigenvalue weighted by Gasteiger charge is -2.35. The van der Waals surface area contributed by atoms with E-state index in [9.17, 15) is 22.8 Å². The van der Waals surface area contributed by atoms with Crippen molar-refractivity contribution in [1.82, 2.24) is 20.1 Å². The first-order chi connectivity index (χ1) is 12.9. The molecular formula is C18H21F3N4O2. The minimum atomic E-state index is -4.42. The highest BCUT2D eigenvalue weighted by molar-refractivity contribution is 5.82. The highest BCUT2D eigenvalue weighted by Gasteiger charge is 2.43. The second-order valence-corrected chi connectivity index (χ2v) is 6.47. The first-order valence-electron chi connectivity index (χ1n) is 8.72. The second-order valence-electron chi connectivity index (χ2n) is 6.47. The summed E-state index contributed by atoms with van der Waals surface area (Å²) in [5.74, 6) is -0.534. The van der Waals surface area contributed by atoms with Gasteiger partial charge in [0.2, 0.25) is 5.91 Å². The Bertz CT molecular complexity index is 860. The van der Waals surface area contributed by atoms with Crippen molar-refractivity contribution in [3.05, 3.63) is 46.8 Å². The van der Waals surface area contributed by atoms with E-state index in [0.717, 1.165) is 0 Å². The molecule has 27 heavy (non-hydrogen) atoms. The Hall–Kier alpha value is -2.39. The summed E-state index contributed by atoms with van der Waals surface area (Å²) in [7, 11) is 0. The molecule has 2 aromatic rings. The summed E-state index contributed by atoms with van der Waals surface area (Å²) in [6.07, 6.45) is -2.95. The number of para-hydroxylation sites is 1. The van der Waals surface area contributed by atoms with Gasteiger partial charge in [-0.1, -0.05) is 12.1 Å². The van der Waals surface area contributed by atoms with Crippen LogP contribution in [0.1, 0.15) is 0 Å². The van der Waals surface area contributed by atoms with Gasteiger partial charge in [-0.15, -0.1) is 0 Å². The van der Waals surface area contributed by atoms with Gasteiger partial charge < -0.3 is 15.2 Å². The summed E-state index contributed by atoms with van der Waals surface area (Å²) in [5.41, 5.74) is 0.396. The van der Waals surface area contributed by atoms with Gasteiger partial charge in [-0.05, 0) is 12.1 Å². The van der Waals surface area contributed by atoms with Crippen LogP contribution in [-0.2, 0) is 11.3 Å². The highest BCUT2D eigenvalue weighted by Crippen LogP contribution is 2.24. The predicted octanol–water partition coefficient (Wildman–Crippen LogP) is 0.954. The Kier molecular flexibility index (Phi) is 5.81. The molecule has 0 bridgehead atoms. The summed E-state index contributed by atoms with van der Waals surface area (Å²) in [6, 6.07) is 6.43. The zero-order valence-electron chi connectivity index (χ0n) is 14.6. The van der Waals surface area contributed by atoms with Crippen molar-refractivity contribution in [3.8, 4) is 0 Å². The molecule has 2 heterocycles. The molecule has 146 valence electrons. The third kappa shape index (κ3) is 4.67. The number of nitrogens with one attached hydrogen (secondary N) is 2. The van der Waals surface area contributed by atoms with E-state index in [1.165, 1.54) is 17.2 Å². The highest BCUT2D eigenvalue weighted by atomic mass is 19.4. The summed E-state index contributed by atoms with van der Waals surface area (Å²) >= 11 is 0. The molecule has 1 unspecified atom stereocenters. The van der Waals surface area contributed by atoms with Crippen molar-refractivity contribution in [3.63, 3.8) is 0 Å². The van der Waals surface area contributed by atoms with Gasteiger partial charge in [0.25, 0.3) is 0 Å². The summed E-state index contributed by atoms with van der Waals surface area (Å²) in [6.45, 7) is 0.885. The molecule has 1 aliphatic heterocycles. The number of carbonyl (C=O) groups excluding carboxylic acids is 1. The monoisotopic (exact) mass is 382 g/mol. The number of piperazine rings is 1. The molecule has 0 radical (unpaired) electrons. The molecule has 6 nitrogen and oxygen atoms in total. The number of rotatable bonds is 5. The number of alkyl halides is 3. The van der Waals surface area contributed by atoms with E-state index in [-0.39, 0.29) is 25.1 Å². The van der Waals surface area contributed by atoms with Crippen molar-refractivity contribution < 1.29 is 18.0 Å². The first-order valence-corrected chi connectivity index (χ1v) is 8.72. The van der Waals surface area contributed by atoms with Crippen molar-refractivity contribution in [2.75, 3.05) is 32.7 Å². The smallest absolute Gasteiger partial charge is 0.353 e. The minimum absolute atomic E-state index is 0.160. The van der Waals surface area contributed by atoms with Crippen LogP contribution in [0.5, 0.6) is 0 Å². The number of aromatic nitrogens is 1. The van der Waals surface area contributed by atoms with E-state index >= 15 is 0 Å². The van der Waals surface area contributed by atoms with Gasteiger partial charge in [0.1, 0.15) is 12.6 Å². The van der Waals surface area contributed by atoms with Gasteiger partial charge in [0.15, 0.2) is 5.43 Å². The zero-order valence-corrected chi connectivity index (χ0v) is 14.6. The topological polar surface area (TPSA) is 66.4 Å². The maximum absolute atomic E-state index is 13.4. The lowest BCUT2D eigenvalue weighted by Crippen LogP contribution is -2.57. The van der Waals surface area contributed by atoms with Crippen LogP contribution in [0.25, 0.3) is 10.9 Å². The number of nitrogens with zero attached hydrogens (tertiary/aromatic N) is 2. The third-order valence-electron chi connectivity index (χ3n) is 4.66. The van der Waals surface area contributed by atoms with Gasteiger partial charge in [-0.2, -0.15) is 13.2 Å². The zero-order chi connectivity index (χ0) is 19.4. The molecule has 0 saturated carbocycles. The molecule has 0 aliphatic carbocycles. The van der Waals surface area contributed by atoms with E-state index < -0.39 is 24.7 Å². The van der Waals surface area contributed by atoms with Crippen LogP contribution in [0.3, 0.4) is 0 Å². The molecule has 3 rings (SSSR count). The third-order valence-corrected chi connectivity index (χ3v) is 4.66. The molecule has 2 N–H and O–H groups in total. The maximum atomic E-state index is 13.4. The molecule has 9 heteroatoms. The number of hydrogen-bond donors (Lipinski definition) is 2. The number of fused-ring (bicyclic) bond motifs is 1. The number of amides is 1. The van der Waals surface area contributed by atoms with Crippen LogP contribution >= 0.6 is 0 Å². The predicted molar refractivity (Wildman–Crippen MR) is 95.5 cm³/mol. The summed E-state index contributed by atoms with van der Waals surface area (Å²) in [4.78, 5) is 25.5. The molecule has 1 saturated heterocycles. The molecule has 1 aromatic carbocycles. The molecule has 1 aromatic heterocycles. The quantitative estimate of drug-likeness (QED) is 0.808. The number of hydrogen-bond acceptors (Lipinski definition) is 4. The fourth-order valence-electron chi connectivity index (χ4n) is 3.26. The van der Waals surface area contributed by atoms with Crippen LogP contribution < -0.4 is 16.1 Å².